The van der Waals surface area contributed by atoms with Gasteiger partial charge in [0.1, 0.15) is 6.23 Å². The number of nitrogens with two attached hydrogens (primary N) is 1. The van der Waals surface area contributed by atoms with Crippen molar-refractivity contribution in [3.05, 3.63) is 0 Å². The molecule has 0 bridgehead atoms. The number of rotatable bonds is 7. The molecule has 1 atom stereocenters. The molecule has 0 saturated heterocycles. The van der Waals surface area contributed by atoms with Crippen molar-refractivity contribution < 1.29 is 9.90 Å². The molecule has 96 valence electrons. The van der Waals surface area contributed by atoms with E-state index in [-0.39, 0.29) is 11.9 Å². The molecule has 0 aliphatic rings. The van der Waals surface area contributed by atoms with Crippen LogP contribution < -0.4 is 5.73 Å². The molecule has 0 fully saturated rings. The molecule has 0 aliphatic carbocycles. The molecule has 3 N–H and O–H groups in total. The molecule has 0 heterocycles. The third-order valence-corrected chi connectivity index (χ3v) is 2.78. The second-order valence-corrected chi connectivity index (χ2v) is 4.39. The molecule has 1 unspecified atom stereocenters. The van der Waals surface area contributed by atoms with Crippen LogP contribution in [0, 0.1) is 0 Å². The van der Waals surface area contributed by atoms with Gasteiger partial charge in [-0.2, -0.15) is 0 Å². The first-order valence-electron chi connectivity index (χ1n) is 5.74. The fourth-order valence-corrected chi connectivity index (χ4v) is 1.25. The number of hydrogen-bond acceptors (Lipinski definition) is 4. The van der Waals surface area contributed by atoms with E-state index in [1.807, 2.05) is 13.8 Å². The summed E-state index contributed by atoms with van der Waals surface area (Å²) in [6, 6.07) is 0.215. The molecule has 0 aromatic rings. The van der Waals surface area contributed by atoms with Crippen LogP contribution >= 0.6 is 0 Å². The molecule has 0 saturated carbocycles. The summed E-state index contributed by atoms with van der Waals surface area (Å²) in [6.07, 6.45) is 0.402. The number of hydrogen-bond donors (Lipinski definition) is 2. The molecular weight excluding hydrogens is 206 g/mol. The second-order valence-electron chi connectivity index (χ2n) is 4.39. The van der Waals surface area contributed by atoms with E-state index in [2.05, 4.69) is 0 Å². The van der Waals surface area contributed by atoms with Crippen LogP contribution in [-0.2, 0) is 4.79 Å². The molecule has 0 radical (unpaired) electrons. The Bertz CT molecular complexity index is 209. The zero-order chi connectivity index (χ0) is 12.7. The van der Waals surface area contributed by atoms with Gasteiger partial charge < -0.3 is 15.7 Å². The Morgan fingerprint density at radius 3 is 2.38 bits per heavy atom. The minimum Gasteiger partial charge on any atom is -0.378 e. The molecule has 16 heavy (non-hydrogen) atoms. The fraction of sp³-hybridized carbons (Fsp3) is 0.909. The highest BCUT2D eigenvalue weighted by molar-refractivity contribution is 5.76. The Balaban J connectivity index is 3.91. The molecule has 0 aromatic heterocycles. The van der Waals surface area contributed by atoms with Crippen molar-refractivity contribution in [1.29, 1.82) is 0 Å². The lowest BCUT2D eigenvalue weighted by Gasteiger charge is -2.25. The van der Waals surface area contributed by atoms with Gasteiger partial charge >= 0.3 is 0 Å². The van der Waals surface area contributed by atoms with Crippen LogP contribution in [0.3, 0.4) is 0 Å². The maximum absolute atomic E-state index is 11.7. The molecule has 0 rings (SSSR count). The van der Waals surface area contributed by atoms with Crippen molar-refractivity contribution in [3.63, 3.8) is 0 Å². The minimum atomic E-state index is -0.554. The molecule has 0 aromatic carbocycles. The first-order chi connectivity index (χ1) is 7.40. The number of nitrogens with zero attached hydrogens (tertiary/aromatic N) is 2. The maximum atomic E-state index is 11.7. The van der Waals surface area contributed by atoms with Crippen molar-refractivity contribution in [3.8, 4) is 0 Å². The van der Waals surface area contributed by atoms with Crippen LogP contribution in [0.5, 0.6) is 0 Å². The average Bonchev–Trinajstić information content (AvgIpc) is 2.24. The summed E-state index contributed by atoms with van der Waals surface area (Å²) in [5.74, 6) is 0.0989. The van der Waals surface area contributed by atoms with Crippen LogP contribution in [0.25, 0.3) is 0 Å². The smallest absolute Gasteiger partial charge is 0.223 e. The molecule has 0 aliphatic heterocycles. The van der Waals surface area contributed by atoms with Crippen molar-refractivity contribution in [2.24, 2.45) is 5.73 Å². The van der Waals surface area contributed by atoms with E-state index in [4.69, 9.17) is 5.73 Å². The van der Waals surface area contributed by atoms with Gasteiger partial charge in [-0.15, -0.1) is 0 Å². The van der Waals surface area contributed by atoms with Crippen LogP contribution in [0.4, 0.5) is 0 Å². The highest BCUT2D eigenvalue weighted by Gasteiger charge is 2.15. The van der Waals surface area contributed by atoms with E-state index in [1.165, 1.54) is 0 Å². The summed E-state index contributed by atoms with van der Waals surface area (Å²) in [5.41, 5.74) is 5.35. The van der Waals surface area contributed by atoms with Gasteiger partial charge in [-0.05, 0) is 33.9 Å². The molecular formula is C11H25N3O2. The molecule has 5 heteroatoms. The summed E-state index contributed by atoms with van der Waals surface area (Å²) >= 11 is 0. The second kappa shape index (κ2) is 7.60. The van der Waals surface area contributed by atoms with Gasteiger partial charge in [0.05, 0.1) is 0 Å². The van der Waals surface area contributed by atoms with Crippen LogP contribution in [0.15, 0.2) is 0 Å². The summed E-state index contributed by atoms with van der Waals surface area (Å²) in [7, 11) is 3.59. The predicted octanol–water partition coefficient (Wildman–Crippen LogP) is -0.158. The molecule has 1 amide bonds. The van der Waals surface area contributed by atoms with Crippen LogP contribution in [0.1, 0.15) is 26.7 Å². The fourth-order valence-electron chi connectivity index (χ4n) is 1.25. The van der Waals surface area contributed by atoms with Crippen molar-refractivity contribution in [1.82, 2.24) is 9.80 Å². The van der Waals surface area contributed by atoms with E-state index in [0.29, 0.717) is 25.9 Å². The van der Waals surface area contributed by atoms with Gasteiger partial charge in [-0.1, -0.05) is 0 Å². The number of aliphatic hydroxyl groups is 1. The lowest BCUT2D eigenvalue weighted by Crippen LogP contribution is -2.38. The quantitative estimate of drug-likeness (QED) is 0.598. The Kier molecular flexibility index (Phi) is 7.29. The first kappa shape index (κ1) is 15.3. The van der Waals surface area contributed by atoms with Crippen molar-refractivity contribution >= 4 is 5.91 Å². The SMILES string of the molecule is CC(C)N(C)C(=O)CCN(C)C(O)CCN. The Labute approximate surface area is 98.2 Å². The van der Waals surface area contributed by atoms with Crippen molar-refractivity contribution in [2.45, 2.75) is 39.0 Å². The monoisotopic (exact) mass is 231 g/mol. The molecule has 5 nitrogen and oxygen atoms in total. The average molecular weight is 231 g/mol. The summed E-state index contributed by atoms with van der Waals surface area (Å²) in [6.45, 7) is 4.96. The summed E-state index contributed by atoms with van der Waals surface area (Å²) < 4.78 is 0. The largest absolute Gasteiger partial charge is 0.378 e. The number of amides is 1. The number of carbonyl (C=O) groups excluding carboxylic acids is 1. The predicted molar refractivity (Wildman–Crippen MR) is 64.8 cm³/mol. The van der Waals surface area contributed by atoms with E-state index >= 15 is 0 Å². The van der Waals surface area contributed by atoms with Crippen molar-refractivity contribution in [2.75, 3.05) is 27.2 Å². The Morgan fingerprint density at radius 1 is 1.38 bits per heavy atom. The topological polar surface area (TPSA) is 69.8 Å². The normalized spacial score (nSPS) is 13.2. The number of aliphatic hydroxyl groups excluding tert-OH is 1. The van der Waals surface area contributed by atoms with Crippen LogP contribution in [0.2, 0.25) is 0 Å². The van der Waals surface area contributed by atoms with Gasteiger partial charge in [0.2, 0.25) is 5.91 Å². The zero-order valence-electron chi connectivity index (χ0n) is 10.8. The lowest BCUT2D eigenvalue weighted by atomic mass is 10.2. The highest BCUT2D eigenvalue weighted by atomic mass is 16.3. The zero-order valence-corrected chi connectivity index (χ0v) is 10.8. The van der Waals surface area contributed by atoms with E-state index in [0.717, 1.165) is 0 Å². The molecule has 0 spiro atoms. The van der Waals surface area contributed by atoms with Gasteiger partial charge in [-0.25, -0.2) is 0 Å². The van der Waals surface area contributed by atoms with E-state index in [1.54, 1.807) is 23.9 Å². The highest BCUT2D eigenvalue weighted by Crippen LogP contribution is 2.02. The van der Waals surface area contributed by atoms with Crippen LogP contribution in [-0.4, -0.2) is 60.3 Å². The van der Waals surface area contributed by atoms with E-state index in [9.17, 15) is 9.90 Å². The standard InChI is InChI=1S/C11H25N3O2/c1-9(2)14(4)11(16)6-8-13(3)10(15)5-7-12/h9-10,15H,5-8,12H2,1-4H3. The Morgan fingerprint density at radius 2 is 1.94 bits per heavy atom. The minimum absolute atomic E-state index is 0.0989. The third-order valence-electron chi connectivity index (χ3n) is 2.78. The maximum Gasteiger partial charge on any atom is 0.223 e. The summed E-state index contributed by atoms with van der Waals surface area (Å²) in [4.78, 5) is 15.1. The van der Waals surface area contributed by atoms with Gasteiger partial charge in [0.15, 0.2) is 0 Å². The lowest BCUT2D eigenvalue weighted by molar-refractivity contribution is -0.132. The first-order valence-corrected chi connectivity index (χ1v) is 5.74. The Hall–Kier alpha value is -0.650. The van der Waals surface area contributed by atoms with Gasteiger partial charge in [-0.3, -0.25) is 9.69 Å². The third kappa shape index (κ3) is 5.44. The number of carbonyl (C=O) groups is 1. The van der Waals surface area contributed by atoms with Gasteiger partial charge in [0, 0.05) is 26.1 Å². The van der Waals surface area contributed by atoms with Gasteiger partial charge in [0.25, 0.3) is 0 Å². The van der Waals surface area contributed by atoms with E-state index < -0.39 is 6.23 Å². The summed E-state index contributed by atoms with van der Waals surface area (Å²) in [5, 5.41) is 9.60.